The largest absolute Gasteiger partial charge is 0.475 e. The van der Waals surface area contributed by atoms with Gasteiger partial charge in [0.2, 0.25) is 5.88 Å². The Bertz CT molecular complexity index is 322. The summed E-state index contributed by atoms with van der Waals surface area (Å²) >= 11 is 0. The second-order valence-electron chi connectivity index (χ2n) is 3.61. The van der Waals surface area contributed by atoms with Crippen LogP contribution in [0.2, 0.25) is 0 Å². The number of aromatic nitrogens is 2. The van der Waals surface area contributed by atoms with Crippen LogP contribution in [0.5, 0.6) is 5.88 Å². The highest BCUT2D eigenvalue weighted by Gasteiger charge is 2.31. The van der Waals surface area contributed by atoms with E-state index >= 15 is 0 Å². The zero-order valence-electron chi connectivity index (χ0n) is 8.69. The van der Waals surface area contributed by atoms with E-state index in [1.807, 2.05) is 0 Å². The van der Waals surface area contributed by atoms with Gasteiger partial charge in [0.05, 0.1) is 6.10 Å². The first kappa shape index (κ1) is 11.3. The molecule has 0 spiro atoms. The highest BCUT2D eigenvalue weighted by atomic mass is 16.5. The summed E-state index contributed by atoms with van der Waals surface area (Å²) in [5, 5.41) is 19.1. The third-order valence-electron chi connectivity index (χ3n) is 2.47. The van der Waals surface area contributed by atoms with E-state index in [0.29, 0.717) is 18.9 Å². The van der Waals surface area contributed by atoms with Gasteiger partial charge in [-0.05, 0) is 6.42 Å². The maximum Gasteiger partial charge on any atom is 0.216 e. The molecule has 1 aromatic rings. The van der Waals surface area contributed by atoms with E-state index in [1.165, 1.54) is 6.33 Å². The lowest BCUT2D eigenvalue weighted by atomic mass is 10.0. The Labute approximate surface area is 92.9 Å². The van der Waals surface area contributed by atoms with Gasteiger partial charge in [-0.25, -0.2) is 9.97 Å². The number of hydrogen-bond acceptors (Lipinski definition) is 6. The topological polar surface area (TPSA) is 84.7 Å². The minimum Gasteiger partial charge on any atom is -0.475 e. The van der Waals surface area contributed by atoms with Crippen LogP contribution in [0, 0.1) is 0 Å². The van der Waals surface area contributed by atoms with E-state index in [1.54, 1.807) is 12.3 Å². The monoisotopic (exact) mass is 226 g/mol. The molecule has 0 bridgehead atoms. The zero-order chi connectivity index (χ0) is 11.4. The van der Waals surface area contributed by atoms with Crippen LogP contribution < -0.4 is 4.74 Å². The van der Waals surface area contributed by atoms with Gasteiger partial charge in [-0.2, -0.15) is 0 Å². The second kappa shape index (κ2) is 5.20. The zero-order valence-corrected chi connectivity index (χ0v) is 8.69. The molecule has 0 radical (unpaired) electrons. The number of ether oxygens (including phenoxy) is 2. The van der Waals surface area contributed by atoms with Crippen molar-refractivity contribution in [3.8, 4) is 5.88 Å². The number of hydrogen-bond donors (Lipinski definition) is 2. The van der Waals surface area contributed by atoms with Gasteiger partial charge in [-0.1, -0.05) is 0 Å². The number of nitrogens with zero attached hydrogens (tertiary/aromatic N) is 2. The Morgan fingerprint density at radius 1 is 1.50 bits per heavy atom. The van der Waals surface area contributed by atoms with Crippen LogP contribution in [0.3, 0.4) is 0 Å². The molecule has 2 heterocycles. The molecule has 6 heteroatoms. The van der Waals surface area contributed by atoms with E-state index in [-0.39, 0.29) is 6.61 Å². The van der Waals surface area contributed by atoms with Crippen LogP contribution in [0.15, 0.2) is 18.6 Å². The average molecular weight is 226 g/mol. The Morgan fingerprint density at radius 2 is 2.38 bits per heavy atom. The fraction of sp³-hybridized carbons (Fsp3) is 0.600. The molecule has 0 amide bonds. The van der Waals surface area contributed by atoms with Crippen LogP contribution in [0.4, 0.5) is 0 Å². The van der Waals surface area contributed by atoms with Gasteiger partial charge >= 0.3 is 0 Å². The third kappa shape index (κ3) is 2.66. The van der Waals surface area contributed by atoms with Crippen molar-refractivity contribution >= 4 is 0 Å². The van der Waals surface area contributed by atoms with Gasteiger partial charge in [0.15, 0.2) is 0 Å². The Hall–Kier alpha value is -1.24. The van der Waals surface area contributed by atoms with Crippen LogP contribution in [0.1, 0.15) is 6.42 Å². The lowest BCUT2D eigenvalue weighted by Gasteiger charge is -2.31. The summed E-state index contributed by atoms with van der Waals surface area (Å²) in [6.07, 6.45) is 1.23. The van der Waals surface area contributed by atoms with Crippen LogP contribution in [-0.2, 0) is 4.74 Å². The molecule has 16 heavy (non-hydrogen) atoms. The summed E-state index contributed by atoms with van der Waals surface area (Å²) in [4.78, 5) is 7.63. The highest BCUT2D eigenvalue weighted by Crippen LogP contribution is 2.15. The Kier molecular flexibility index (Phi) is 3.66. The highest BCUT2D eigenvalue weighted by molar-refractivity contribution is 5.04. The second-order valence-corrected chi connectivity index (χ2v) is 3.61. The molecule has 2 rings (SSSR count). The molecule has 6 nitrogen and oxygen atoms in total. The van der Waals surface area contributed by atoms with Gasteiger partial charge in [0.25, 0.3) is 0 Å². The lowest BCUT2D eigenvalue weighted by molar-refractivity contribution is -0.144. The summed E-state index contributed by atoms with van der Waals surface area (Å²) in [7, 11) is 0. The van der Waals surface area contributed by atoms with E-state index in [0.717, 1.165) is 0 Å². The maximum absolute atomic E-state index is 9.63. The van der Waals surface area contributed by atoms with E-state index in [9.17, 15) is 10.2 Å². The van der Waals surface area contributed by atoms with Gasteiger partial charge in [-0.3, -0.25) is 0 Å². The molecule has 2 N–H and O–H groups in total. The lowest BCUT2D eigenvalue weighted by Crippen LogP contribution is -2.47. The molecule has 3 atom stereocenters. The van der Waals surface area contributed by atoms with Gasteiger partial charge in [0.1, 0.15) is 25.1 Å². The predicted octanol–water partition coefficient (Wildman–Crippen LogP) is -0.634. The first-order valence-electron chi connectivity index (χ1n) is 5.14. The van der Waals surface area contributed by atoms with Crippen LogP contribution in [0.25, 0.3) is 0 Å². The van der Waals surface area contributed by atoms with E-state index < -0.39 is 18.3 Å². The molecule has 1 aromatic heterocycles. The first-order chi connectivity index (χ1) is 7.77. The molecular weight excluding hydrogens is 212 g/mol. The minimum absolute atomic E-state index is 0.162. The van der Waals surface area contributed by atoms with Crippen molar-refractivity contribution in [2.24, 2.45) is 0 Å². The summed E-state index contributed by atoms with van der Waals surface area (Å²) in [5.74, 6) is 0.422. The van der Waals surface area contributed by atoms with Crippen molar-refractivity contribution in [1.29, 1.82) is 0 Å². The average Bonchev–Trinajstić information content (AvgIpc) is 2.32. The standard InChI is InChI=1S/C10H14N2O4/c13-7-2-4-15-8(10(7)14)5-16-9-1-3-11-6-12-9/h1,3,6-8,10,13-14H,2,4-5H2. The van der Waals surface area contributed by atoms with Gasteiger partial charge in [0, 0.05) is 18.9 Å². The normalized spacial score (nSPS) is 30.0. The summed E-state index contributed by atoms with van der Waals surface area (Å²) < 4.78 is 10.6. The van der Waals surface area contributed by atoms with Gasteiger partial charge in [-0.15, -0.1) is 0 Å². The van der Waals surface area contributed by atoms with Crippen molar-refractivity contribution in [1.82, 2.24) is 9.97 Å². The number of rotatable bonds is 3. The predicted molar refractivity (Wildman–Crippen MR) is 53.9 cm³/mol. The summed E-state index contributed by atoms with van der Waals surface area (Å²) in [6.45, 7) is 0.589. The summed E-state index contributed by atoms with van der Waals surface area (Å²) in [5.41, 5.74) is 0. The molecule has 3 unspecified atom stereocenters. The first-order valence-corrected chi connectivity index (χ1v) is 5.14. The quantitative estimate of drug-likeness (QED) is 0.713. The van der Waals surface area contributed by atoms with Crippen molar-refractivity contribution in [2.75, 3.05) is 13.2 Å². The van der Waals surface area contributed by atoms with Crippen molar-refractivity contribution < 1.29 is 19.7 Å². The number of aliphatic hydroxyl groups is 2. The third-order valence-corrected chi connectivity index (χ3v) is 2.47. The molecule has 88 valence electrons. The molecule has 1 aliphatic rings. The fourth-order valence-corrected chi connectivity index (χ4v) is 1.54. The van der Waals surface area contributed by atoms with Crippen molar-refractivity contribution in [3.05, 3.63) is 18.6 Å². The molecule has 0 aliphatic carbocycles. The molecule has 1 aliphatic heterocycles. The summed E-state index contributed by atoms with van der Waals surface area (Å²) in [6, 6.07) is 1.62. The van der Waals surface area contributed by atoms with Crippen molar-refractivity contribution in [3.63, 3.8) is 0 Å². The smallest absolute Gasteiger partial charge is 0.216 e. The molecule has 0 aromatic carbocycles. The maximum atomic E-state index is 9.63. The fourth-order valence-electron chi connectivity index (χ4n) is 1.54. The SMILES string of the molecule is OC1CCOC(COc2ccncn2)C1O. The van der Waals surface area contributed by atoms with Crippen LogP contribution >= 0.6 is 0 Å². The molecular formula is C10H14N2O4. The Morgan fingerprint density at radius 3 is 3.12 bits per heavy atom. The molecule has 0 saturated carbocycles. The molecule has 1 fully saturated rings. The number of aliphatic hydroxyl groups excluding tert-OH is 2. The minimum atomic E-state index is -0.907. The van der Waals surface area contributed by atoms with E-state index in [4.69, 9.17) is 9.47 Å². The Balaban J connectivity index is 1.85. The molecule has 1 saturated heterocycles. The van der Waals surface area contributed by atoms with Gasteiger partial charge < -0.3 is 19.7 Å². The van der Waals surface area contributed by atoms with Crippen LogP contribution in [-0.4, -0.2) is 51.7 Å². The van der Waals surface area contributed by atoms with Crippen molar-refractivity contribution in [2.45, 2.75) is 24.7 Å². The van der Waals surface area contributed by atoms with E-state index in [2.05, 4.69) is 9.97 Å².